The predicted octanol–water partition coefficient (Wildman–Crippen LogP) is 0.617. The molecule has 1 aliphatic heterocycles. The molecule has 2 rings (SSSR count). The maximum atomic E-state index is 8.87. The van der Waals surface area contributed by atoms with Crippen molar-refractivity contribution in [1.29, 1.82) is 0 Å². The first kappa shape index (κ1) is 10.6. The lowest BCUT2D eigenvalue weighted by Crippen LogP contribution is -2.47. The predicted molar refractivity (Wildman–Crippen MR) is 54.2 cm³/mol. The zero-order chi connectivity index (χ0) is 10.8. The summed E-state index contributed by atoms with van der Waals surface area (Å²) in [7, 11) is 0. The third kappa shape index (κ3) is 2.35. The van der Waals surface area contributed by atoms with E-state index in [0.29, 0.717) is 24.3 Å². The molecule has 0 bridgehead atoms. The van der Waals surface area contributed by atoms with Crippen LogP contribution in [0.5, 0.6) is 0 Å². The third-order valence-corrected chi connectivity index (χ3v) is 2.65. The van der Waals surface area contributed by atoms with Crippen LogP contribution < -0.4 is 0 Å². The highest BCUT2D eigenvalue weighted by Gasteiger charge is 2.27. The van der Waals surface area contributed by atoms with E-state index in [-0.39, 0.29) is 6.61 Å². The molecule has 1 fully saturated rings. The number of rotatable bonds is 4. The van der Waals surface area contributed by atoms with Gasteiger partial charge < -0.3 is 9.63 Å². The fraction of sp³-hybridized carbons (Fsp3) is 0.800. The van der Waals surface area contributed by atoms with Crippen molar-refractivity contribution in [2.24, 2.45) is 5.92 Å². The maximum Gasteiger partial charge on any atom is 0.240 e. The van der Waals surface area contributed by atoms with E-state index < -0.39 is 0 Å². The summed E-state index contributed by atoms with van der Waals surface area (Å²) in [6, 6.07) is 0. The lowest BCUT2D eigenvalue weighted by atomic mass is 10.0. The highest BCUT2D eigenvalue weighted by Crippen LogP contribution is 2.18. The molecular formula is C10H17N3O2. The van der Waals surface area contributed by atoms with Gasteiger partial charge in [-0.1, -0.05) is 19.0 Å². The van der Waals surface area contributed by atoms with Gasteiger partial charge in [0, 0.05) is 31.5 Å². The molecule has 5 heteroatoms. The Balaban J connectivity index is 1.84. The van der Waals surface area contributed by atoms with Crippen LogP contribution in [0, 0.1) is 5.92 Å². The monoisotopic (exact) mass is 211 g/mol. The van der Waals surface area contributed by atoms with E-state index in [1.807, 2.05) is 13.8 Å². The fourth-order valence-electron chi connectivity index (χ4n) is 1.68. The van der Waals surface area contributed by atoms with Crippen LogP contribution in [-0.4, -0.2) is 39.8 Å². The van der Waals surface area contributed by atoms with Gasteiger partial charge in [0.2, 0.25) is 5.89 Å². The van der Waals surface area contributed by atoms with Crippen LogP contribution >= 0.6 is 0 Å². The molecule has 1 saturated heterocycles. The molecule has 0 aromatic carbocycles. The van der Waals surface area contributed by atoms with E-state index in [1.54, 1.807) is 0 Å². The zero-order valence-electron chi connectivity index (χ0n) is 9.18. The Morgan fingerprint density at radius 1 is 1.53 bits per heavy atom. The van der Waals surface area contributed by atoms with E-state index in [0.717, 1.165) is 18.9 Å². The molecule has 1 aliphatic rings. The third-order valence-electron chi connectivity index (χ3n) is 2.65. The second-order valence-corrected chi connectivity index (χ2v) is 4.44. The van der Waals surface area contributed by atoms with E-state index in [2.05, 4.69) is 15.0 Å². The Morgan fingerprint density at radius 2 is 2.27 bits per heavy atom. The van der Waals surface area contributed by atoms with Gasteiger partial charge in [0.05, 0.1) is 6.54 Å². The Labute approximate surface area is 89.1 Å². The Hall–Kier alpha value is -0.940. The lowest BCUT2D eigenvalue weighted by molar-refractivity contribution is 0.0402. The molecule has 2 heterocycles. The van der Waals surface area contributed by atoms with Crippen LogP contribution in [0.1, 0.15) is 31.5 Å². The quantitative estimate of drug-likeness (QED) is 0.791. The van der Waals surface area contributed by atoms with Crippen molar-refractivity contribution in [2.75, 3.05) is 19.7 Å². The maximum absolute atomic E-state index is 8.87. The van der Waals surface area contributed by atoms with Gasteiger partial charge in [-0.15, -0.1) is 0 Å². The van der Waals surface area contributed by atoms with Crippen molar-refractivity contribution in [3.05, 3.63) is 11.7 Å². The van der Waals surface area contributed by atoms with Gasteiger partial charge in [0.15, 0.2) is 5.82 Å². The van der Waals surface area contributed by atoms with E-state index in [9.17, 15) is 0 Å². The summed E-state index contributed by atoms with van der Waals surface area (Å²) < 4.78 is 5.14. The molecule has 0 unspecified atom stereocenters. The molecule has 0 radical (unpaired) electrons. The van der Waals surface area contributed by atoms with E-state index in [4.69, 9.17) is 9.63 Å². The van der Waals surface area contributed by atoms with Crippen LogP contribution in [-0.2, 0) is 6.54 Å². The second kappa shape index (κ2) is 4.28. The average molecular weight is 211 g/mol. The minimum Gasteiger partial charge on any atom is -0.396 e. The molecule has 0 aliphatic carbocycles. The summed E-state index contributed by atoms with van der Waals surface area (Å²) in [6.07, 6.45) is 0. The number of aliphatic hydroxyl groups excluding tert-OH is 1. The standard InChI is InChI=1S/C10H17N3O2/c1-7(2)10-11-9(15-12-10)5-13-3-8(4-13)6-14/h7-8,14H,3-6H2,1-2H3. The molecule has 0 atom stereocenters. The number of aliphatic hydroxyl groups is 1. The molecule has 1 aromatic heterocycles. The van der Waals surface area contributed by atoms with Gasteiger partial charge in [0.25, 0.3) is 0 Å². The Bertz CT molecular complexity index is 318. The van der Waals surface area contributed by atoms with Crippen molar-refractivity contribution in [1.82, 2.24) is 15.0 Å². The minimum absolute atomic E-state index is 0.275. The average Bonchev–Trinajstić information content (AvgIpc) is 2.58. The first-order valence-corrected chi connectivity index (χ1v) is 5.34. The fourth-order valence-corrected chi connectivity index (χ4v) is 1.68. The van der Waals surface area contributed by atoms with Gasteiger partial charge in [0.1, 0.15) is 0 Å². The normalized spacial score (nSPS) is 18.4. The van der Waals surface area contributed by atoms with Crippen LogP contribution in [0.3, 0.4) is 0 Å². The number of aromatic nitrogens is 2. The first-order chi connectivity index (χ1) is 7.19. The lowest BCUT2D eigenvalue weighted by Gasteiger charge is -2.36. The topological polar surface area (TPSA) is 62.4 Å². The van der Waals surface area contributed by atoms with Gasteiger partial charge in [-0.2, -0.15) is 4.98 Å². The summed E-state index contributed by atoms with van der Waals surface area (Å²) >= 11 is 0. The van der Waals surface area contributed by atoms with E-state index in [1.165, 1.54) is 0 Å². The molecule has 1 aromatic rings. The highest BCUT2D eigenvalue weighted by atomic mass is 16.5. The molecule has 15 heavy (non-hydrogen) atoms. The van der Waals surface area contributed by atoms with E-state index >= 15 is 0 Å². The van der Waals surface area contributed by atoms with Crippen LogP contribution in [0.4, 0.5) is 0 Å². The molecule has 0 spiro atoms. The molecule has 5 nitrogen and oxygen atoms in total. The van der Waals surface area contributed by atoms with Crippen LogP contribution in [0.2, 0.25) is 0 Å². The van der Waals surface area contributed by atoms with Crippen molar-refractivity contribution < 1.29 is 9.63 Å². The van der Waals surface area contributed by atoms with Gasteiger partial charge in [-0.05, 0) is 0 Å². The molecule has 0 amide bonds. The summed E-state index contributed by atoms with van der Waals surface area (Å²) in [5.74, 6) is 2.18. The van der Waals surface area contributed by atoms with Gasteiger partial charge in [-0.25, -0.2) is 0 Å². The number of hydrogen-bond acceptors (Lipinski definition) is 5. The summed E-state index contributed by atoms with van der Waals surface area (Å²) in [6.45, 7) is 6.92. The van der Waals surface area contributed by atoms with Crippen molar-refractivity contribution in [3.8, 4) is 0 Å². The number of likely N-dealkylation sites (tertiary alicyclic amines) is 1. The summed E-state index contributed by atoms with van der Waals surface area (Å²) in [5.41, 5.74) is 0. The van der Waals surface area contributed by atoms with Crippen molar-refractivity contribution >= 4 is 0 Å². The highest BCUT2D eigenvalue weighted by molar-refractivity contribution is 4.93. The zero-order valence-corrected chi connectivity index (χ0v) is 9.18. The Kier molecular flexibility index (Phi) is 3.02. The van der Waals surface area contributed by atoms with Crippen LogP contribution in [0.15, 0.2) is 4.52 Å². The first-order valence-electron chi connectivity index (χ1n) is 5.34. The second-order valence-electron chi connectivity index (χ2n) is 4.44. The van der Waals surface area contributed by atoms with Crippen LogP contribution in [0.25, 0.3) is 0 Å². The summed E-state index contributed by atoms with van der Waals surface area (Å²) in [5, 5.41) is 12.8. The number of hydrogen-bond donors (Lipinski definition) is 1. The van der Waals surface area contributed by atoms with Gasteiger partial charge in [-0.3, -0.25) is 4.90 Å². The molecule has 1 N–H and O–H groups in total. The molecule has 84 valence electrons. The smallest absolute Gasteiger partial charge is 0.240 e. The van der Waals surface area contributed by atoms with Gasteiger partial charge >= 0.3 is 0 Å². The molecule has 0 saturated carbocycles. The molecular weight excluding hydrogens is 194 g/mol. The van der Waals surface area contributed by atoms with Crippen molar-refractivity contribution in [2.45, 2.75) is 26.3 Å². The largest absolute Gasteiger partial charge is 0.396 e. The van der Waals surface area contributed by atoms with Crippen molar-refractivity contribution in [3.63, 3.8) is 0 Å². The Morgan fingerprint density at radius 3 is 2.80 bits per heavy atom. The summed E-state index contributed by atoms with van der Waals surface area (Å²) in [4.78, 5) is 6.49. The minimum atomic E-state index is 0.275. The SMILES string of the molecule is CC(C)c1noc(CN2CC(CO)C2)n1. The number of nitrogens with zero attached hydrogens (tertiary/aromatic N) is 3.